The summed E-state index contributed by atoms with van der Waals surface area (Å²) in [5.41, 5.74) is 1.04. The monoisotopic (exact) mass is 328 g/mol. The summed E-state index contributed by atoms with van der Waals surface area (Å²) in [5.74, 6) is 0.885. The van der Waals surface area contributed by atoms with Gasteiger partial charge in [-0.05, 0) is 19.8 Å². The van der Waals surface area contributed by atoms with Gasteiger partial charge in [0.15, 0.2) is 0 Å². The topological polar surface area (TPSA) is 78.5 Å². The van der Waals surface area contributed by atoms with Gasteiger partial charge in [0, 0.05) is 44.1 Å². The summed E-state index contributed by atoms with van der Waals surface area (Å²) in [6.07, 6.45) is 4.86. The number of imidazole rings is 1. The summed E-state index contributed by atoms with van der Waals surface area (Å²) in [4.78, 5) is 10.0. The van der Waals surface area contributed by atoms with Gasteiger partial charge in [-0.3, -0.25) is 4.90 Å². The molecule has 2 aliphatic heterocycles. The fraction of sp³-hybridized carbons (Fsp3) is 0.786. The fourth-order valence-corrected chi connectivity index (χ4v) is 4.18. The number of aromatic amines is 1. The van der Waals surface area contributed by atoms with Gasteiger partial charge in [-0.25, -0.2) is 17.7 Å². The summed E-state index contributed by atoms with van der Waals surface area (Å²) in [7, 11) is -3.06. The van der Waals surface area contributed by atoms with E-state index >= 15 is 0 Å². The number of hydrogen-bond donors (Lipinski definition) is 1. The van der Waals surface area contributed by atoms with E-state index in [0.29, 0.717) is 25.7 Å². The molecule has 0 bridgehead atoms. The number of nitrogens with zero attached hydrogens (tertiary/aromatic N) is 3. The average molecular weight is 328 g/mol. The van der Waals surface area contributed by atoms with Crippen molar-refractivity contribution in [3.63, 3.8) is 0 Å². The molecule has 3 rings (SSSR count). The molecule has 1 N–H and O–H groups in total. The Kier molecular flexibility index (Phi) is 4.54. The highest BCUT2D eigenvalue weighted by atomic mass is 32.2. The first-order valence-corrected chi connectivity index (χ1v) is 9.60. The lowest BCUT2D eigenvalue weighted by Crippen LogP contribution is -2.50. The van der Waals surface area contributed by atoms with E-state index in [1.807, 2.05) is 13.1 Å². The van der Waals surface area contributed by atoms with Crippen LogP contribution in [-0.4, -0.2) is 72.7 Å². The maximum absolute atomic E-state index is 11.6. The van der Waals surface area contributed by atoms with Crippen LogP contribution in [0.1, 0.15) is 30.5 Å². The van der Waals surface area contributed by atoms with Gasteiger partial charge in [0.05, 0.1) is 12.9 Å². The number of rotatable bonds is 3. The van der Waals surface area contributed by atoms with Gasteiger partial charge in [-0.1, -0.05) is 0 Å². The van der Waals surface area contributed by atoms with Crippen LogP contribution < -0.4 is 0 Å². The minimum Gasteiger partial charge on any atom is -0.368 e. The molecule has 0 saturated carbocycles. The van der Waals surface area contributed by atoms with E-state index in [1.165, 1.54) is 6.26 Å². The Labute approximate surface area is 131 Å². The number of nitrogens with one attached hydrogen (secondary N) is 1. The molecule has 0 radical (unpaired) electrons. The van der Waals surface area contributed by atoms with Gasteiger partial charge in [0.2, 0.25) is 10.0 Å². The molecular formula is C14H24N4O3S. The van der Waals surface area contributed by atoms with Crippen molar-refractivity contribution in [2.75, 3.05) is 39.0 Å². The molecule has 7 nitrogen and oxygen atoms in total. The molecule has 22 heavy (non-hydrogen) atoms. The van der Waals surface area contributed by atoms with Crippen molar-refractivity contribution < 1.29 is 13.2 Å². The van der Waals surface area contributed by atoms with Crippen LogP contribution in [0.3, 0.4) is 0 Å². The van der Waals surface area contributed by atoms with E-state index in [1.54, 1.807) is 4.31 Å². The lowest BCUT2D eigenvalue weighted by Gasteiger charge is -2.41. The van der Waals surface area contributed by atoms with Gasteiger partial charge in [-0.15, -0.1) is 0 Å². The summed E-state index contributed by atoms with van der Waals surface area (Å²) in [5, 5.41) is 0. The molecular weight excluding hydrogens is 304 g/mol. The first-order valence-electron chi connectivity index (χ1n) is 7.76. The van der Waals surface area contributed by atoms with Crippen LogP contribution in [0, 0.1) is 6.92 Å². The van der Waals surface area contributed by atoms with Crippen molar-refractivity contribution in [1.29, 1.82) is 0 Å². The van der Waals surface area contributed by atoms with E-state index in [4.69, 9.17) is 4.74 Å². The molecule has 3 heterocycles. The van der Waals surface area contributed by atoms with E-state index in [-0.39, 0.29) is 6.10 Å². The molecule has 0 aromatic carbocycles. The quantitative estimate of drug-likeness (QED) is 0.875. The Morgan fingerprint density at radius 3 is 2.64 bits per heavy atom. The van der Waals surface area contributed by atoms with Crippen LogP contribution in [0.2, 0.25) is 0 Å². The predicted octanol–water partition coefficient (Wildman–Crippen LogP) is 0.515. The highest BCUT2D eigenvalue weighted by Crippen LogP contribution is 2.25. The first-order chi connectivity index (χ1) is 10.4. The Balaban J connectivity index is 1.59. The maximum Gasteiger partial charge on any atom is 0.211 e. The second kappa shape index (κ2) is 6.27. The van der Waals surface area contributed by atoms with Gasteiger partial charge < -0.3 is 9.72 Å². The third-order valence-electron chi connectivity index (χ3n) is 4.53. The summed E-state index contributed by atoms with van der Waals surface area (Å²) in [6.45, 7) is 5.63. The predicted molar refractivity (Wildman–Crippen MR) is 83.0 cm³/mol. The summed E-state index contributed by atoms with van der Waals surface area (Å²) < 4.78 is 30.6. The van der Waals surface area contributed by atoms with Gasteiger partial charge in [0.1, 0.15) is 11.9 Å². The molecule has 1 aromatic rings. The van der Waals surface area contributed by atoms with Crippen LogP contribution in [0.15, 0.2) is 6.20 Å². The molecule has 0 amide bonds. The molecule has 1 unspecified atom stereocenters. The second-order valence-electron chi connectivity index (χ2n) is 6.20. The fourth-order valence-electron chi connectivity index (χ4n) is 3.30. The molecule has 0 spiro atoms. The van der Waals surface area contributed by atoms with E-state index < -0.39 is 10.0 Å². The summed E-state index contributed by atoms with van der Waals surface area (Å²) >= 11 is 0. The number of aromatic nitrogens is 2. The Morgan fingerprint density at radius 1 is 1.32 bits per heavy atom. The van der Waals surface area contributed by atoms with Crippen molar-refractivity contribution in [1.82, 2.24) is 19.2 Å². The van der Waals surface area contributed by atoms with E-state index in [9.17, 15) is 8.42 Å². The maximum atomic E-state index is 11.6. The molecule has 1 atom stereocenters. The van der Waals surface area contributed by atoms with Crippen LogP contribution in [-0.2, 0) is 14.8 Å². The molecule has 2 aliphatic rings. The van der Waals surface area contributed by atoms with Crippen molar-refractivity contribution in [3.05, 3.63) is 17.7 Å². The molecule has 0 aliphatic carbocycles. The second-order valence-corrected chi connectivity index (χ2v) is 8.18. The van der Waals surface area contributed by atoms with Crippen molar-refractivity contribution in [3.8, 4) is 0 Å². The van der Waals surface area contributed by atoms with Gasteiger partial charge in [0.25, 0.3) is 0 Å². The minimum atomic E-state index is -3.06. The Hall–Kier alpha value is -0.960. The zero-order chi connectivity index (χ0) is 15.7. The molecule has 1 aromatic heterocycles. The molecule has 2 fully saturated rings. The Bertz CT molecular complexity index is 607. The van der Waals surface area contributed by atoms with Crippen molar-refractivity contribution >= 4 is 10.0 Å². The third kappa shape index (κ3) is 3.51. The van der Waals surface area contributed by atoms with Crippen LogP contribution in [0.4, 0.5) is 0 Å². The van der Waals surface area contributed by atoms with Crippen LogP contribution >= 0.6 is 0 Å². The van der Waals surface area contributed by atoms with Crippen molar-refractivity contribution in [2.45, 2.75) is 31.9 Å². The number of aryl methyl sites for hydroxylation is 1. The molecule has 124 valence electrons. The highest BCUT2D eigenvalue weighted by Gasteiger charge is 2.32. The number of morpholine rings is 1. The number of sulfonamides is 1. The van der Waals surface area contributed by atoms with Crippen molar-refractivity contribution in [2.24, 2.45) is 0 Å². The van der Waals surface area contributed by atoms with Crippen LogP contribution in [0.5, 0.6) is 0 Å². The third-order valence-corrected chi connectivity index (χ3v) is 5.84. The molecule has 2 saturated heterocycles. The van der Waals surface area contributed by atoms with Gasteiger partial charge >= 0.3 is 0 Å². The van der Waals surface area contributed by atoms with E-state index in [0.717, 1.165) is 37.4 Å². The highest BCUT2D eigenvalue weighted by molar-refractivity contribution is 7.88. The number of piperidine rings is 1. The largest absolute Gasteiger partial charge is 0.368 e. The smallest absolute Gasteiger partial charge is 0.211 e. The Morgan fingerprint density at radius 2 is 2.05 bits per heavy atom. The lowest BCUT2D eigenvalue weighted by molar-refractivity contribution is -0.0544. The zero-order valence-electron chi connectivity index (χ0n) is 13.2. The summed E-state index contributed by atoms with van der Waals surface area (Å²) in [6, 6.07) is 0.431. The van der Waals surface area contributed by atoms with E-state index in [2.05, 4.69) is 14.9 Å². The first kappa shape index (κ1) is 15.9. The number of hydrogen-bond acceptors (Lipinski definition) is 5. The number of H-pyrrole nitrogens is 1. The van der Waals surface area contributed by atoms with Crippen LogP contribution in [0.25, 0.3) is 0 Å². The molecule has 8 heteroatoms. The lowest BCUT2D eigenvalue weighted by atomic mass is 10.0. The normalized spacial score (nSPS) is 26.4. The zero-order valence-corrected chi connectivity index (χ0v) is 14.0. The number of ether oxygens (including phenoxy) is 1. The average Bonchev–Trinajstić information content (AvgIpc) is 2.93. The van der Waals surface area contributed by atoms with Gasteiger partial charge in [-0.2, -0.15) is 0 Å². The SMILES string of the molecule is Cc1cnc(C2CN(C3CCN(S(C)(=O)=O)CC3)CCO2)[nH]1. The standard InChI is InChI=1S/C14H24N4O3S/c1-11-9-15-14(16-11)13-10-17(7-8-21-13)12-3-5-18(6-4-12)22(2,19)20/h9,12-13H,3-8,10H2,1-2H3,(H,15,16). The minimum absolute atomic E-state index is 0.0182.